The number of nitrogens with one attached hydrogen (secondary N) is 1. The van der Waals surface area contributed by atoms with Gasteiger partial charge in [-0.3, -0.25) is 4.79 Å². The normalized spacial score (nSPS) is 20.7. The third kappa shape index (κ3) is 1.65. The van der Waals surface area contributed by atoms with Crippen molar-refractivity contribution in [2.24, 2.45) is 5.73 Å². The molecule has 0 radical (unpaired) electrons. The van der Waals surface area contributed by atoms with Gasteiger partial charge >= 0.3 is 0 Å². The summed E-state index contributed by atoms with van der Waals surface area (Å²) in [5, 5.41) is 2.80. The summed E-state index contributed by atoms with van der Waals surface area (Å²) in [6, 6.07) is 5.80. The van der Waals surface area contributed by atoms with Gasteiger partial charge in [-0.1, -0.05) is 12.1 Å². The van der Waals surface area contributed by atoms with Crippen LogP contribution in [0.3, 0.4) is 0 Å². The zero-order chi connectivity index (χ0) is 11.2. The van der Waals surface area contributed by atoms with E-state index in [-0.39, 0.29) is 18.1 Å². The highest BCUT2D eigenvalue weighted by molar-refractivity contribution is 5.95. The number of rotatable bonds is 2. The van der Waals surface area contributed by atoms with Gasteiger partial charge in [0.2, 0.25) is 0 Å². The first-order valence-electron chi connectivity index (χ1n) is 5.50. The lowest BCUT2D eigenvalue weighted by molar-refractivity contribution is -0.118. The summed E-state index contributed by atoms with van der Waals surface area (Å²) in [6.45, 7) is 0.0988. The number of carbonyl (C=O) groups is 1. The minimum Gasteiger partial charge on any atom is -0.481 e. The first-order chi connectivity index (χ1) is 7.66. The van der Waals surface area contributed by atoms with Crippen LogP contribution in [0.4, 0.5) is 5.69 Å². The van der Waals surface area contributed by atoms with Gasteiger partial charge < -0.3 is 15.8 Å². The number of hydrogen-bond donors (Lipinski definition) is 2. The van der Waals surface area contributed by atoms with Crippen LogP contribution < -0.4 is 15.8 Å². The van der Waals surface area contributed by atoms with Crippen LogP contribution in [0.2, 0.25) is 0 Å². The predicted molar refractivity (Wildman–Crippen MR) is 60.4 cm³/mol. The molecule has 4 nitrogen and oxygen atoms in total. The summed E-state index contributed by atoms with van der Waals surface area (Å²) >= 11 is 0. The van der Waals surface area contributed by atoms with E-state index in [4.69, 9.17) is 10.5 Å². The number of anilines is 1. The Hall–Kier alpha value is -1.55. The SMILES string of the molecule is NC1(Cc2cccc3c2OCC(=O)N3)CC1. The van der Waals surface area contributed by atoms with Gasteiger partial charge in [0.05, 0.1) is 5.69 Å². The second kappa shape index (κ2) is 3.22. The number of fused-ring (bicyclic) bond motifs is 1. The Balaban J connectivity index is 1.93. The van der Waals surface area contributed by atoms with Gasteiger partial charge in [-0.05, 0) is 30.9 Å². The summed E-state index contributed by atoms with van der Waals surface area (Å²) in [5.74, 6) is 0.692. The molecule has 1 aromatic rings. The molecule has 16 heavy (non-hydrogen) atoms. The van der Waals surface area contributed by atoms with E-state index in [0.717, 1.165) is 36.3 Å². The lowest BCUT2D eigenvalue weighted by Gasteiger charge is -2.21. The van der Waals surface area contributed by atoms with E-state index in [2.05, 4.69) is 5.32 Å². The van der Waals surface area contributed by atoms with Gasteiger partial charge in [-0.2, -0.15) is 0 Å². The van der Waals surface area contributed by atoms with Crippen molar-refractivity contribution < 1.29 is 9.53 Å². The third-order valence-corrected chi connectivity index (χ3v) is 3.15. The monoisotopic (exact) mass is 218 g/mol. The van der Waals surface area contributed by atoms with Gasteiger partial charge in [0.15, 0.2) is 6.61 Å². The molecule has 4 heteroatoms. The largest absolute Gasteiger partial charge is 0.481 e. The van der Waals surface area contributed by atoms with E-state index in [0.29, 0.717) is 0 Å². The molecule has 84 valence electrons. The second-order valence-corrected chi connectivity index (χ2v) is 4.67. The average Bonchev–Trinajstić information content (AvgIpc) is 2.96. The van der Waals surface area contributed by atoms with Crippen molar-refractivity contribution in [1.29, 1.82) is 0 Å². The molecule has 0 unspecified atom stereocenters. The molecule has 0 atom stereocenters. The van der Waals surface area contributed by atoms with Crippen molar-refractivity contribution in [2.45, 2.75) is 24.8 Å². The summed E-state index contributed by atoms with van der Waals surface area (Å²) in [7, 11) is 0. The second-order valence-electron chi connectivity index (χ2n) is 4.67. The standard InChI is InChI=1S/C12H14N2O2/c13-12(4-5-12)6-8-2-1-3-9-11(8)16-7-10(15)14-9/h1-3H,4-7,13H2,(H,14,15). The van der Waals surface area contributed by atoms with E-state index in [1.165, 1.54) is 0 Å². The van der Waals surface area contributed by atoms with Crippen LogP contribution in [-0.4, -0.2) is 18.1 Å². The molecule has 1 saturated carbocycles. The Morgan fingerprint density at radius 1 is 1.44 bits per heavy atom. The minimum atomic E-state index is -0.0986. The fourth-order valence-corrected chi connectivity index (χ4v) is 2.03. The molecule has 0 bridgehead atoms. The van der Waals surface area contributed by atoms with Gasteiger partial charge in [-0.15, -0.1) is 0 Å². The number of ether oxygens (including phenoxy) is 1. The van der Waals surface area contributed by atoms with Crippen LogP contribution in [0.5, 0.6) is 5.75 Å². The topological polar surface area (TPSA) is 64.3 Å². The highest BCUT2D eigenvalue weighted by Gasteiger charge is 2.39. The van der Waals surface area contributed by atoms with Gasteiger partial charge in [0, 0.05) is 5.54 Å². The smallest absolute Gasteiger partial charge is 0.262 e. The number of nitrogens with two attached hydrogens (primary N) is 1. The molecule has 2 aliphatic rings. The fraction of sp³-hybridized carbons (Fsp3) is 0.417. The summed E-state index contributed by atoms with van der Waals surface area (Å²) < 4.78 is 5.47. The molecule has 1 fully saturated rings. The van der Waals surface area contributed by atoms with E-state index in [9.17, 15) is 4.79 Å². The molecule has 1 aliphatic carbocycles. The van der Waals surface area contributed by atoms with E-state index < -0.39 is 0 Å². The van der Waals surface area contributed by atoms with Crippen LogP contribution in [0.1, 0.15) is 18.4 Å². The molecule has 1 aromatic carbocycles. The summed E-state index contributed by atoms with van der Waals surface area (Å²) in [4.78, 5) is 11.2. The number of carbonyl (C=O) groups excluding carboxylic acids is 1. The first kappa shape index (κ1) is 9.66. The molecule has 1 aliphatic heterocycles. The van der Waals surface area contributed by atoms with Crippen LogP contribution in [0.15, 0.2) is 18.2 Å². The third-order valence-electron chi connectivity index (χ3n) is 3.15. The maximum atomic E-state index is 11.2. The number of benzene rings is 1. The molecule has 0 aromatic heterocycles. The van der Waals surface area contributed by atoms with Crippen molar-refractivity contribution in [3.05, 3.63) is 23.8 Å². The predicted octanol–water partition coefficient (Wildman–Crippen LogP) is 1.05. The first-order valence-corrected chi connectivity index (χ1v) is 5.50. The van der Waals surface area contributed by atoms with Crippen molar-refractivity contribution in [2.75, 3.05) is 11.9 Å². The maximum absolute atomic E-state index is 11.2. The van der Waals surface area contributed by atoms with Crippen LogP contribution in [-0.2, 0) is 11.2 Å². The van der Waals surface area contributed by atoms with Crippen molar-refractivity contribution >= 4 is 11.6 Å². The minimum absolute atomic E-state index is 0.0417. The average molecular weight is 218 g/mol. The van der Waals surface area contributed by atoms with Crippen molar-refractivity contribution in [1.82, 2.24) is 0 Å². The lowest BCUT2D eigenvalue weighted by atomic mass is 10.0. The summed E-state index contributed by atoms with van der Waals surface area (Å²) in [5.41, 5.74) is 7.91. The van der Waals surface area contributed by atoms with Gasteiger partial charge in [-0.25, -0.2) is 0 Å². The Kier molecular flexibility index (Phi) is 1.94. The zero-order valence-corrected chi connectivity index (χ0v) is 8.95. The Bertz CT molecular complexity index is 452. The molecule has 1 amide bonds. The van der Waals surface area contributed by atoms with E-state index >= 15 is 0 Å². The molecule has 0 spiro atoms. The van der Waals surface area contributed by atoms with Crippen molar-refractivity contribution in [3.8, 4) is 5.75 Å². The number of para-hydroxylation sites is 1. The Morgan fingerprint density at radius 2 is 2.25 bits per heavy atom. The molecule has 1 heterocycles. The molecule has 3 rings (SSSR count). The highest BCUT2D eigenvalue weighted by atomic mass is 16.5. The summed E-state index contributed by atoms with van der Waals surface area (Å²) in [6.07, 6.45) is 2.97. The molecular formula is C12H14N2O2. The van der Waals surface area contributed by atoms with Crippen LogP contribution in [0, 0.1) is 0 Å². The fourth-order valence-electron chi connectivity index (χ4n) is 2.03. The molecule has 0 saturated heterocycles. The van der Waals surface area contributed by atoms with Gasteiger partial charge in [0.1, 0.15) is 5.75 Å². The van der Waals surface area contributed by atoms with E-state index in [1.807, 2.05) is 18.2 Å². The number of hydrogen-bond acceptors (Lipinski definition) is 3. The Labute approximate surface area is 93.8 Å². The quantitative estimate of drug-likeness (QED) is 0.779. The van der Waals surface area contributed by atoms with E-state index in [1.54, 1.807) is 0 Å². The molecular weight excluding hydrogens is 204 g/mol. The maximum Gasteiger partial charge on any atom is 0.262 e. The van der Waals surface area contributed by atoms with Gasteiger partial charge in [0.25, 0.3) is 5.91 Å². The zero-order valence-electron chi connectivity index (χ0n) is 8.95. The van der Waals surface area contributed by atoms with Crippen molar-refractivity contribution in [3.63, 3.8) is 0 Å². The highest BCUT2D eigenvalue weighted by Crippen LogP contribution is 2.40. The lowest BCUT2D eigenvalue weighted by Crippen LogP contribution is -2.28. The molecule has 3 N–H and O–H groups in total. The van der Waals surface area contributed by atoms with Crippen LogP contribution in [0.25, 0.3) is 0 Å². The number of amides is 1. The Morgan fingerprint density at radius 3 is 3.00 bits per heavy atom. The van der Waals surface area contributed by atoms with Crippen LogP contribution >= 0.6 is 0 Å².